The van der Waals surface area contributed by atoms with Crippen molar-refractivity contribution in [3.8, 4) is 11.5 Å². The standard InChI is InChI=1S/C14H13ClN2O4S/c1-17-8(5-15)11(13(18)19)12(16-14(17)22)7-2-3-9-10(4-7)21-6-20-9/h2-4,12H,5-6H2,1H3,(H,16,22)(H,18,19). The van der Waals surface area contributed by atoms with E-state index in [1.807, 2.05) is 0 Å². The molecule has 116 valence electrons. The number of carboxylic acid groups (broad SMARTS) is 1. The van der Waals surface area contributed by atoms with Crippen LogP contribution in [0.5, 0.6) is 11.5 Å². The van der Waals surface area contributed by atoms with Gasteiger partial charge < -0.3 is 24.8 Å². The van der Waals surface area contributed by atoms with E-state index in [2.05, 4.69) is 5.32 Å². The summed E-state index contributed by atoms with van der Waals surface area (Å²) in [5, 5.41) is 13.0. The Labute approximate surface area is 137 Å². The molecule has 1 atom stereocenters. The normalized spacial score (nSPS) is 20.2. The monoisotopic (exact) mass is 340 g/mol. The first-order chi connectivity index (χ1) is 10.5. The fourth-order valence-electron chi connectivity index (χ4n) is 2.51. The molecule has 3 rings (SSSR count). The molecule has 6 nitrogen and oxygen atoms in total. The Morgan fingerprint density at radius 2 is 2.23 bits per heavy atom. The number of carboxylic acids is 1. The molecule has 2 heterocycles. The summed E-state index contributed by atoms with van der Waals surface area (Å²) >= 11 is 11.2. The Kier molecular flexibility index (Phi) is 3.84. The second kappa shape index (κ2) is 5.66. The van der Waals surface area contributed by atoms with Gasteiger partial charge in [-0.1, -0.05) is 6.07 Å². The number of rotatable bonds is 3. The minimum Gasteiger partial charge on any atom is -0.478 e. The molecule has 0 aliphatic carbocycles. The van der Waals surface area contributed by atoms with Crippen molar-refractivity contribution in [2.45, 2.75) is 6.04 Å². The second-order valence-corrected chi connectivity index (χ2v) is 5.51. The van der Waals surface area contributed by atoms with Crippen molar-refractivity contribution >= 4 is 34.9 Å². The van der Waals surface area contributed by atoms with Gasteiger partial charge in [-0.3, -0.25) is 0 Å². The fraction of sp³-hybridized carbons (Fsp3) is 0.286. The van der Waals surface area contributed by atoms with Crippen LogP contribution in [-0.2, 0) is 4.79 Å². The Morgan fingerprint density at radius 1 is 1.50 bits per heavy atom. The van der Waals surface area contributed by atoms with Gasteiger partial charge in [0.2, 0.25) is 6.79 Å². The van der Waals surface area contributed by atoms with Gasteiger partial charge in [0.25, 0.3) is 0 Å². The van der Waals surface area contributed by atoms with Gasteiger partial charge in [-0.25, -0.2) is 4.79 Å². The predicted molar refractivity (Wildman–Crippen MR) is 84.2 cm³/mol. The van der Waals surface area contributed by atoms with Crippen LogP contribution in [0, 0.1) is 0 Å². The van der Waals surface area contributed by atoms with Crippen molar-refractivity contribution < 1.29 is 19.4 Å². The highest BCUT2D eigenvalue weighted by atomic mass is 35.5. The SMILES string of the molecule is CN1C(=S)NC(c2ccc3c(c2)OCO3)C(C(=O)O)=C1CCl. The van der Waals surface area contributed by atoms with Gasteiger partial charge in [-0.05, 0) is 29.9 Å². The number of fused-ring (bicyclic) bond motifs is 1. The second-order valence-electron chi connectivity index (χ2n) is 4.85. The van der Waals surface area contributed by atoms with E-state index in [-0.39, 0.29) is 18.2 Å². The van der Waals surface area contributed by atoms with Crippen molar-refractivity contribution in [1.29, 1.82) is 0 Å². The topological polar surface area (TPSA) is 71.0 Å². The minimum absolute atomic E-state index is 0.0566. The molecule has 22 heavy (non-hydrogen) atoms. The molecule has 0 saturated carbocycles. The number of nitrogens with zero attached hydrogens (tertiary/aromatic N) is 1. The van der Waals surface area contributed by atoms with Crippen LogP contribution in [0.1, 0.15) is 11.6 Å². The fourth-order valence-corrected chi connectivity index (χ4v) is 3.06. The van der Waals surface area contributed by atoms with Crippen LogP contribution in [0.4, 0.5) is 0 Å². The van der Waals surface area contributed by atoms with Crippen LogP contribution >= 0.6 is 23.8 Å². The quantitative estimate of drug-likeness (QED) is 0.642. The number of carbonyl (C=O) groups is 1. The number of hydrogen-bond donors (Lipinski definition) is 2. The van der Waals surface area contributed by atoms with Gasteiger partial charge in [-0.2, -0.15) is 0 Å². The number of thiocarbonyl (C=S) groups is 1. The molecule has 1 unspecified atom stereocenters. The Bertz CT molecular complexity index is 691. The van der Waals surface area contributed by atoms with E-state index in [1.54, 1.807) is 30.1 Å². The van der Waals surface area contributed by atoms with Gasteiger partial charge in [0.05, 0.1) is 17.5 Å². The summed E-state index contributed by atoms with van der Waals surface area (Å²) in [5.74, 6) is 0.236. The third kappa shape index (κ3) is 2.36. The largest absolute Gasteiger partial charge is 0.478 e. The molecule has 0 fully saturated rings. The van der Waals surface area contributed by atoms with Crippen molar-refractivity contribution in [2.75, 3.05) is 19.7 Å². The number of benzene rings is 1. The van der Waals surface area contributed by atoms with E-state index in [1.165, 1.54) is 0 Å². The molecule has 2 N–H and O–H groups in total. The lowest BCUT2D eigenvalue weighted by Gasteiger charge is -2.35. The van der Waals surface area contributed by atoms with Crippen LogP contribution in [0.15, 0.2) is 29.5 Å². The van der Waals surface area contributed by atoms with Crippen LogP contribution in [0.25, 0.3) is 0 Å². The zero-order chi connectivity index (χ0) is 15.9. The van der Waals surface area contributed by atoms with Gasteiger partial charge in [0.1, 0.15) is 0 Å². The first-order valence-electron chi connectivity index (χ1n) is 6.49. The summed E-state index contributed by atoms with van der Waals surface area (Å²) in [6.07, 6.45) is 0. The first kappa shape index (κ1) is 14.9. The van der Waals surface area contributed by atoms with E-state index < -0.39 is 12.0 Å². The number of halogens is 1. The molecule has 0 aromatic heterocycles. The Balaban J connectivity index is 2.09. The summed E-state index contributed by atoms with van der Waals surface area (Å²) < 4.78 is 10.6. The zero-order valence-corrected chi connectivity index (χ0v) is 13.2. The molecule has 0 bridgehead atoms. The number of hydrogen-bond acceptors (Lipinski definition) is 4. The maximum absolute atomic E-state index is 11.7. The smallest absolute Gasteiger partial charge is 0.335 e. The third-order valence-electron chi connectivity index (χ3n) is 3.66. The minimum atomic E-state index is -1.04. The molecular weight excluding hydrogens is 328 g/mol. The summed E-state index contributed by atoms with van der Waals surface area (Å²) in [5.41, 5.74) is 1.37. The van der Waals surface area contributed by atoms with E-state index in [0.717, 1.165) is 5.56 Å². The highest BCUT2D eigenvalue weighted by Crippen LogP contribution is 2.37. The van der Waals surface area contributed by atoms with Crippen molar-refractivity contribution in [3.05, 3.63) is 35.0 Å². The Hall–Kier alpha value is -1.99. The maximum atomic E-state index is 11.7. The molecule has 1 aromatic carbocycles. The number of allylic oxidation sites excluding steroid dienone is 1. The molecule has 8 heteroatoms. The van der Waals surface area contributed by atoms with Crippen LogP contribution in [0.3, 0.4) is 0 Å². The average Bonchev–Trinajstić information content (AvgIpc) is 2.96. The highest BCUT2D eigenvalue weighted by Gasteiger charge is 2.34. The van der Waals surface area contributed by atoms with Gasteiger partial charge >= 0.3 is 5.97 Å². The van der Waals surface area contributed by atoms with E-state index in [4.69, 9.17) is 33.3 Å². The van der Waals surface area contributed by atoms with Gasteiger partial charge in [0.15, 0.2) is 16.6 Å². The summed E-state index contributed by atoms with van der Waals surface area (Å²) in [4.78, 5) is 13.3. The lowest BCUT2D eigenvalue weighted by atomic mass is 9.95. The number of ether oxygens (including phenoxy) is 2. The molecule has 1 aromatic rings. The molecule has 0 amide bonds. The zero-order valence-electron chi connectivity index (χ0n) is 11.6. The number of aliphatic carboxylic acids is 1. The van der Waals surface area contributed by atoms with Crippen molar-refractivity contribution in [3.63, 3.8) is 0 Å². The van der Waals surface area contributed by atoms with Crippen molar-refractivity contribution in [2.24, 2.45) is 0 Å². The van der Waals surface area contributed by atoms with E-state index >= 15 is 0 Å². The van der Waals surface area contributed by atoms with Crippen LogP contribution in [0.2, 0.25) is 0 Å². The van der Waals surface area contributed by atoms with E-state index in [0.29, 0.717) is 22.3 Å². The summed E-state index contributed by atoms with van der Waals surface area (Å²) in [6.45, 7) is 0.159. The number of nitrogens with one attached hydrogen (secondary N) is 1. The lowest BCUT2D eigenvalue weighted by molar-refractivity contribution is -0.133. The van der Waals surface area contributed by atoms with Crippen LogP contribution in [-0.4, -0.2) is 40.8 Å². The average molecular weight is 341 g/mol. The maximum Gasteiger partial charge on any atom is 0.335 e. The summed E-state index contributed by atoms with van der Waals surface area (Å²) in [7, 11) is 1.69. The summed E-state index contributed by atoms with van der Waals surface area (Å²) in [6, 6.07) is 4.70. The van der Waals surface area contributed by atoms with Crippen LogP contribution < -0.4 is 14.8 Å². The molecule has 2 aliphatic heterocycles. The predicted octanol–water partition coefficient (Wildman–Crippen LogP) is 1.85. The molecule has 0 spiro atoms. The third-order valence-corrected chi connectivity index (χ3v) is 4.31. The van der Waals surface area contributed by atoms with E-state index in [9.17, 15) is 9.90 Å². The number of alkyl halides is 1. The molecular formula is C14H13ClN2O4S. The van der Waals surface area contributed by atoms with Gasteiger partial charge in [-0.15, -0.1) is 11.6 Å². The van der Waals surface area contributed by atoms with Crippen molar-refractivity contribution in [1.82, 2.24) is 10.2 Å². The molecule has 0 saturated heterocycles. The lowest BCUT2D eigenvalue weighted by Crippen LogP contribution is -2.46. The highest BCUT2D eigenvalue weighted by molar-refractivity contribution is 7.80. The Morgan fingerprint density at radius 3 is 2.91 bits per heavy atom. The molecule has 0 radical (unpaired) electrons. The molecule has 2 aliphatic rings. The van der Waals surface area contributed by atoms with Gasteiger partial charge in [0, 0.05) is 12.7 Å². The first-order valence-corrected chi connectivity index (χ1v) is 7.43.